The first kappa shape index (κ1) is 24.9. The maximum Gasteiger partial charge on any atom is 0.236 e. The van der Waals surface area contributed by atoms with Crippen LogP contribution in [0.1, 0.15) is 43.6 Å². The van der Waals surface area contributed by atoms with E-state index in [2.05, 4.69) is 39.1 Å². The Hall–Kier alpha value is -1.36. The number of carbonyl (C=O) groups excluding carboxylic acids is 1. The van der Waals surface area contributed by atoms with Crippen molar-refractivity contribution in [2.45, 2.75) is 46.1 Å². The number of carbonyl (C=O) groups is 1. The highest BCUT2D eigenvalue weighted by atomic mass is 127. The average molecular weight is 531 g/mol. The van der Waals surface area contributed by atoms with Gasteiger partial charge in [-0.15, -0.1) is 24.0 Å². The second-order valence-electron chi connectivity index (χ2n) is 7.95. The lowest BCUT2D eigenvalue weighted by Gasteiger charge is -2.36. The molecule has 1 amide bonds. The minimum Gasteiger partial charge on any atom is -0.352 e. The van der Waals surface area contributed by atoms with Crippen molar-refractivity contribution < 1.29 is 4.79 Å². The topological polar surface area (TPSA) is 69.0 Å². The molecule has 0 aliphatic carbocycles. The van der Waals surface area contributed by atoms with E-state index >= 15 is 0 Å². The molecule has 0 saturated carbocycles. The first-order valence-corrected chi connectivity index (χ1v) is 11.1. The third-order valence-electron chi connectivity index (χ3n) is 6.15. The van der Waals surface area contributed by atoms with Crippen LogP contribution in [-0.4, -0.2) is 89.2 Å². The monoisotopic (exact) mass is 531 g/mol. The maximum atomic E-state index is 12.4. The summed E-state index contributed by atoms with van der Waals surface area (Å²) in [5, 5.41) is 8.21. The fraction of sp³-hybridized carbons (Fsp3) is 0.762. The Morgan fingerprint density at radius 1 is 1.03 bits per heavy atom. The summed E-state index contributed by atoms with van der Waals surface area (Å²) in [6.07, 6.45) is 4.21. The number of likely N-dealkylation sites (tertiary alicyclic amines) is 1. The lowest BCUT2D eigenvalue weighted by molar-refractivity contribution is -0.131. The zero-order valence-corrected chi connectivity index (χ0v) is 21.3. The van der Waals surface area contributed by atoms with Crippen LogP contribution < -0.4 is 5.32 Å². The van der Waals surface area contributed by atoms with Crippen LogP contribution in [0, 0.1) is 0 Å². The summed E-state index contributed by atoms with van der Waals surface area (Å²) in [6.45, 7) is 11.1. The van der Waals surface area contributed by atoms with Crippen molar-refractivity contribution in [1.82, 2.24) is 29.8 Å². The van der Waals surface area contributed by atoms with Crippen LogP contribution >= 0.6 is 24.0 Å². The lowest BCUT2D eigenvalue weighted by Crippen LogP contribution is -2.54. The smallest absolute Gasteiger partial charge is 0.236 e. The highest BCUT2D eigenvalue weighted by molar-refractivity contribution is 14.0. The molecule has 0 unspecified atom stereocenters. The van der Waals surface area contributed by atoms with Gasteiger partial charge in [0.1, 0.15) is 0 Å². The Kier molecular flexibility index (Phi) is 9.86. The van der Waals surface area contributed by atoms with Gasteiger partial charge >= 0.3 is 0 Å². The molecule has 0 radical (unpaired) electrons. The number of piperazine rings is 1. The number of amides is 1. The van der Waals surface area contributed by atoms with Crippen molar-refractivity contribution in [3.05, 3.63) is 17.0 Å². The summed E-state index contributed by atoms with van der Waals surface area (Å²) in [4.78, 5) is 23.5. The number of hydrogen-bond acceptors (Lipinski definition) is 4. The van der Waals surface area contributed by atoms with Crippen LogP contribution in [-0.2, 0) is 31.2 Å². The molecule has 1 aromatic heterocycles. The van der Waals surface area contributed by atoms with Gasteiger partial charge in [-0.05, 0) is 25.7 Å². The first-order valence-electron chi connectivity index (χ1n) is 11.1. The van der Waals surface area contributed by atoms with Crippen LogP contribution in [0.4, 0.5) is 0 Å². The lowest BCUT2D eigenvalue weighted by atomic mass is 10.1. The van der Waals surface area contributed by atoms with Crippen molar-refractivity contribution in [1.29, 1.82) is 0 Å². The molecule has 2 saturated heterocycles. The van der Waals surface area contributed by atoms with E-state index in [4.69, 9.17) is 0 Å². The normalized spacial score (nSPS) is 17.9. The van der Waals surface area contributed by atoms with Crippen LogP contribution in [0.5, 0.6) is 0 Å². The van der Waals surface area contributed by atoms with Crippen LogP contribution in [0.25, 0.3) is 0 Å². The van der Waals surface area contributed by atoms with Gasteiger partial charge in [0.15, 0.2) is 5.96 Å². The van der Waals surface area contributed by atoms with Crippen molar-refractivity contribution in [2.75, 3.05) is 52.9 Å². The van der Waals surface area contributed by atoms with Gasteiger partial charge in [0.2, 0.25) is 5.91 Å². The zero-order chi connectivity index (χ0) is 20.8. The summed E-state index contributed by atoms with van der Waals surface area (Å²) in [7, 11) is 3.87. The Labute approximate surface area is 198 Å². The zero-order valence-electron chi connectivity index (χ0n) is 19.0. The molecule has 0 aromatic carbocycles. The third-order valence-corrected chi connectivity index (χ3v) is 6.15. The van der Waals surface area contributed by atoms with Gasteiger partial charge in [-0.2, -0.15) is 5.10 Å². The number of guanidine groups is 1. The van der Waals surface area contributed by atoms with Gasteiger partial charge < -0.3 is 15.1 Å². The molecular formula is C21H38IN7O. The summed E-state index contributed by atoms with van der Waals surface area (Å²) >= 11 is 0. The molecule has 2 fully saturated rings. The molecule has 170 valence electrons. The molecule has 30 heavy (non-hydrogen) atoms. The number of aryl methyl sites for hydroxylation is 2. The molecule has 2 aliphatic rings. The summed E-state index contributed by atoms with van der Waals surface area (Å²) in [5.41, 5.74) is 3.75. The average Bonchev–Trinajstić information content (AvgIpc) is 3.37. The van der Waals surface area contributed by atoms with E-state index in [1.807, 2.05) is 23.7 Å². The fourth-order valence-corrected chi connectivity index (χ4v) is 4.47. The van der Waals surface area contributed by atoms with Gasteiger partial charge in [0.25, 0.3) is 0 Å². The highest BCUT2D eigenvalue weighted by Gasteiger charge is 2.25. The van der Waals surface area contributed by atoms with Gasteiger partial charge in [0.05, 0.1) is 12.2 Å². The standard InChI is InChI=1S/C21H37N7O.HI/c1-5-18-17(19(6-2)25(4)24-18)15-23-21(22-3)28-13-11-26(12-14-28)16-20(29)27-9-7-8-10-27;/h5-16H2,1-4H3,(H,22,23);1H. The molecule has 8 nitrogen and oxygen atoms in total. The van der Waals surface area contributed by atoms with E-state index < -0.39 is 0 Å². The molecule has 1 aromatic rings. The van der Waals surface area contributed by atoms with E-state index in [1.165, 1.54) is 11.3 Å². The van der Waals surface area contributed by atoms with Gasteiger partial charge in [-0.25, -0.2) is 0 Å². The molecule has 9 heteroatoms. The molecule has 0 bridgehead atoms. The van der Waals surface area contributed by atoms with Crippen molar-refractivity contribution in [2.24, 2.45) is 12.0 Å². The largest absolute Gasteiger partial charge is 0.352 e. The number of aliphatic imine (C=N–C) groups is 1. The van der Waals surface area contributed by atoms with E-state index in [0.717, 1.165) is 83.2 Å². The fourth-order valence-electron chi connectivity index (χ4n) is 4.47. The Balaban J connectivity index is 0.00000320. The van der Waals surface area contributed by atoms with Gasteiger partial charge in [0, 0.05) is 71.2 Å². The molecule has 0 spiro atoms. The predicted octanol–water partition coefficient (Wildman–Crippen LogP) is 1.48. The van der Waals surface area contributed by atoms with Crippen molar-refractivity contribution >= 4 is 35.8 Å². The van der Waals surface area contributed by atoms with Crippen LogP contribution in [0.3, 0.4) is 0 Å². The second kappa shape index (κ2) is 11.9. The van der Waals surface area contributed by atoms with E-state index in [9.17, 15) is 4.79 Å². The number of hydrogen-bond donors (Lipinski definition) is 1. The number of aromatic nitrogens is 2. The van der Waals surface area contributed by atoms with Crippen LogP contribution in [0.2, 0.25) is 0 Å². The molecule has 3 heterocycles. The van der Waals surface area contributed by atoms with E-state index in [0.29, 0.717) is 6.54 Å². The highest BCUT2D eigenvalue weighted by Crippen LogP contribution is 2.15. The Morgan fingerprint density at radius 2 is 1.70 bits per heavy atom. The third kappa shape index (κ3) is 5.87. The minimum absolute atomic E-state index is 0. The number of nitrogens with one attached hydrogen (secondary N) is 1. The van der Waals surface area contributed by atoms with E-state index in [1.54, 1.807) is 0 Å². The second-order valence-corrected chi connectivity index (χ2v) is 7.95. The summed E-state index contributed by atoms with van der Waals surface area (Å²) < 4.78 is 2.01. The first-order chi connectivity index (χ1) is 14.1. The maximum absolute atomic E-state index is 12.4. The number of nitrogens with zero attached hydrogens (tertiary/aromatic N) is 6. The minimum atomic E-state index is 0. The molecule has 2 aliphatic heterocycles. The SMILES string of the molecule is CCc1nn(C)c(CC)c1CNC(=NC)N1CCN(CC(=O)N2CCCC2)CC1.I. The van der Waals surface area contributed by atoms with Gasteiger partial charge in [-0.1, -0.05) is 13.8 Å². The van der Waals surface area contributed by atoms with Crippen molar-refractivity contribution in [3.63, 3.8) is 0 Å². The molecular weight excluding hydrogens is 493 g/mol. The molecule has 0 atom stereocenters. The number of rotatable bonds is 6. The van der Waals surface area contributed by atoms with Crippen molar-refractivity contribution in [3.8, 4) is 0 Å². The predicted molar refractivity (Wildman–Crippen MR) is 131 cm³/mol. The Bertz CT molecular complexity index is 719. The molecule has 1 N–H and O–H groups in total. The molecule has 3 rings (SSSR count). The Morgan fingerprint density at radius 3 is 2.27 bits per heavy atom. The van der Waals surface area contributed by atoms with Crippen LogP contribution in [0.15, 0.2) is 4.99 Å². The quantitative estimate of drug-likeness (QED) is 0.342. The summed E-state index contributed by atoms with van der Waals surface area (Å²) in [6, 6.07) is 0. The number of halogens is 1. The van der Waals surface area contributed by atoms with Gasteiger partial charge in [-0.3, -0.25) is 19.4 Å². The summed E-state index contributed by atoms with van der Waals surface area (Å²) in [5.74, 6) is 1.22. The van der Waals surface area contributed by atoms with E-state index in [-0.39, 0.29) is 29.9 Å².